The number of hydrogen-bond acceptors (Lipinski definition) is 5. The number of hydrogen-bond donors (Lipinski definition) is 3. The smallest absolute Gasteiger partial charge is 0.145 e. The van der Waals surface area contributed by atoms with E-state index in [4.69, 9.17) is 5.84 Å². The number of nitrogen functional groups attached to an aromatic ring is 1. The highest BCUT2D eigenvalue weighted by atomic mass is 19.1. The molecule has 6 heteroatoms. The Hall–Kier alpha value is -2.21. The molecular weight excluding hydrogens is 221 g/mol. The zero-order valence-electron chi connectivity index (χ0n) is 9.02. The maximum atomic E-state index is 12.7. The summed E-state index contributed by atoms with van der Waals surface area (Å²) in [7, 11) is 0. The largest absolute Gasteiger partial charge is 0.366 e. The van der Waals surface area contributed by atoms with Gasteiger partial charge >= 0.3 is 0 Å². The number of rotatable bonds is 4. The molecule has 88 valence electrons. The predicted octanol–water partition coefficient (Wildman–Crippen LogP) is 1.51. The molecule has 5 nitrogen and oxygen atoms in total. The average molecular weight is 233 g/mol. The van der Waals surface area contributed by atoms with Crippen molar-refractivity contribution in [1.29, 1.82) is 0 Å². The van der Waals surface area contributed by atoms with Crippen LogP contribution in [0.2, 0.25) is 0 Å². The molecule has 0 fully saturated rings. The maximum absolute atomic E-state index is 12.7. The van der Waals surface area contributed by atoms with Crippen molar-refractivity contribution in [2.45, 2.75) is 6.54 Å². The van der Waals surface area contributed by atoms with Gasteiger partial charge in [-0.1, -0.05) is 12.1 Å². The van der Waals surface area contributed by atoms with Crippen LogP contribution in [0.3, 0.4) is 0 Å². The van der Waals surface area contributed by atoms with Crippen LogP contribution >= 0.6 is 0 Å². The second kappa shape index (κ2) is 5.22. The van der Waals surface area contributed by atoms with Gasteiger partial charge in [-0.05, 0) is 17.7 Å². The van der Waals surface area contributed by atoms with Gasteiger partial charge in [0.1, 0.15) is 23.8 Å². The molecule has 17 heavy (non-hydrogen) atoms. The van der Waals surface area contributed by atoms with Crippen LogP contribution in [0.15, 0.2) is 36.7 Å². The monoisotopic (exact) mass is 233 g/mol. The van der Waals surface area contributed by atoms with Crippen LogP contribution < -0.4 is 16.6 Å². The Bertz CT molecular complexity index is 485. The number of nitrogens with zero attached hydrogens (tertiary/aromatic N) is 2. The van der Waals surface area contributed by atoms with Crippen molar-refractivity contribution in [2.75, 3.05) is 10.7 Å². The first-order valence-corrected chi connectivity index (χ1v) is 5.05. The first kappa shape index (κ1) is 11.3. The molecular formula is C11H12FN5. The lowest BCUT2D eigenvalue weighted by Crippen LogP contribution is -2.09. The molecule has 0 amide bonds. The molecule has 0 saturated heterocycles. The normalized spacial score (nSPS) is 10.0. The van der Waals surface area contributed by atoms with Gasteiger partial charge in [0.05, 0.1) is 0 Å². The summed E-state index contributed by atoms with van der Waals surface area (Å²) in [5.41, 5.74) is 3.40. The van der Waals surface area contributed by atoms with Crippen molar-refractivity contribution in [2.24, 2.45) is 5.84 Å². The standard InChI is InChI=1S/C11H12FN5/c12-9-3-1-8(2-4-9)6-14-10-5-11(17-13)16-7-15-10/h1-5,7H,6,13H2,(H2,14,15,16,17). The molecule has 0 spiro atoms. The highest BCUT2D eigenvalue weighted by Crippen LogP contribution is 2.09. The van der Waals surface area contributed by atoms with E-state index in [0.717, 1.165) is 5.56 Å². The van der Waals surface area contributed by atoms with Gasteiger partial charge in [-0.2, -0.15) is 0 Å². The molecule has 0 radical (unpaired) electrons. The number of hydrazine groups is 1. The van der Waals surface area contributed by atoms with E-state index in [1.807, 2.05) is 0 Å². The van der Waals surface area contributed by atoms with Gasteiger partial charge in [-0.25, -0.2) is 20.2 Å². The fourth-order valence-electron chi connectivity index (χ4n) is 1.33. The molecule has 0 aliphatic heterocycles. The Morgan fingerprint density at radius 1 is 1.12 bits per heavy atom. The maximum Gasteiger partial charge on any atom is 0.145 e. The summed E-state index contributed by atoms with van der Waals surface area (Å²) >= 11 is 0. The Balaban J connectivity index is 1.99. The second-order valence-corrected chi connectivity index (χ2v) is 3.41. The lowest BCUT2D eigenvalue weighted by molar-refractivity contribution is 0.627. The molecule has 0 saturated carbocycles. The average Bonchev–Trinajstić information content (AvgIpc) is 2.38. The molecule has 1 aromatic heterocycles. The molecule has 0 atom stereocenters. The fourth-order valence-corrected chi connectivity index (χ4v) is 1.33. The lowest BCUT2D eigenvalue weighted by Gasteiger charge is -2.06. The molecule has 0 bridgehead atoms. The number of aromatic nitrogens is 2. The quantitative estimate of drug-likeness (QED) is 0.551. The third kappa shape index (κ3) is 3.12. The summed E-state index contributed by atoms with van der Waals surface area (Å²) < 4.78 is 12.7. The van der Waals surface area contributed by atoms with Crippen molar-refractivity contribution in [3.63, 3.8) is 0 Å². The zero-order chi connectivity index (χ0) is 12.1. The topological polar surface area (TPSA) is 75.9 Å². The summed E-state index contributed by atoms with van der Waals surface area (Å²) in [4.78, 5) is 7.92. The number of nitrogens with one attached hydrogen (secondary N) is 2. The van der Waals surface area contributed by atoms with Crippen molar-refractivity contribution < 1.29 is 4.39 Å². The molecule has 0 aliphatic carbocycles. The Labute approximate surface area is 97.9 Å². The summed E-state index contributed by atoms with van der Waals surface area (Å²) in [5, 5.41) is 3.09. The van der Waals surface area contributed by atoms with Gasteiger partial charge in [0.15, 0.2) is 0 Å². The van der Waals surface area contributed by atoms with E-state index >= 15 is 0 Å². The second-order valence-electron chi connectivity index (χ2n) is 3.41. The van der Waals surface area contributed by atoms with E-state index in [1.54, 1.807) is 18.2 Å². The summed E-state index contributed by atoms with van der Waals surface area (Å²) in [6.45, 7) is 0.557. The van der Waals surface area contributed by atoms with Crippen LogP contribution in [-0.2, 0) is 6.54 Å². The van der Waals surface area contributed by atoms with E-state index in [0.29, 0.717) is 18.2 Å². The van der Waals surface area contributed by atoms with Crippen molar-refractivity contribution in [3.8, 4) is 0 Å². The summed E-state index contributed by atoms with van der Waals surface area (Å²) in [5.74, 6) is 6.17. The van der Waals surface area contributed by atoms with Crippen LogP contribution in [0.4, 0.5) is 16.0 Å². The van der Waals surface area contributed by atoms with Crippen LogP contribution in [-0.4, -0.2) is 9.97 Å². The van der Waals surface area contributed by atoms with Gasteiger partial charge < -0.3 is 10.7 Å². The molecule has 4 N–H and O–H groups in total. The zero-order valence-corrected chi connectivity index (χ0v) is 9.02. The van der Waals surface area contributed by atoms with Gasteiger partial charge in [0, 0.05) is 12.6 Å². The Kier molecular flexibility index (Phi) is 3.46. The number of nitrogens with two attached hydrogens (primary N) is 1. The Morgan fingerprint density at radius 3 is 2.53 bits per heavy atom. The molecule has 1 aromatic carbocycles. The first-order valence-electron chi connectivity index (χ1n) is 5.05. The number of anilines is 2. The molecule has 0 aliphatic rings. The fraction of sp³-hybridized carbons (Fsp3) is 0.0909. The van der Waals surface area contributed by atoms with Gasteiger partial charge in [-0.3, -0.25) is 0 Å². The van der Waals surface area contributed by atoms with Crippen molar-refractivity contribution in [3.05, 3.63) is 48.0 Å². The third-order valence-electron chi connectivity index (χ3n) is 2.20. The minimum absolute atomic E-state index is 0.245. The van der Waals surface area contributed by atoms with E-state index in [2.05, 4.69) is 20.7 Å². The minimum Gasteiger partial charge on any atom is -0.366 e. The van der Waals surface area contributed by atoms with E-state index in [9.17, 15) is 4.39 Å². The van der Waals surface area contributed by atoms with Crippen molar-refractivity contribution in [1.82, 2.24) is 9.97 Å². The highest BCUT2D eigenvalue weighted by molar-refractivity contribution is 5.45. The molecule has 2 rings (SSSR count). The predicted molar refractivity (Wildman–Crippen MR) is 63.6 cm³/mol. The van der Waals surface area contributed by atoms with Gasteiger partial charge in [0.25, 0.3) is 0 Å². The third-order valence-corrected chi connectivity index (χ3v) is 2.20. The molecule has 2 aromatic rings. The SMILES string of the molecule is NNc1cc(NCc2ccc(F)cc2)ncn1. The summed E-state index contributed by atoms with van der Waals surface area (Å²) in [6, 6.07) is 7.95. The van der Waals surface area contributed by atoms with E-state index < -0.39 is 0 Å². The highest BCUT2D eigenvalue weighted by Gasteiger charge is 1.98. The van der Waals surface area contributed by atoms with Crippen molar-refractivity contribution >= 4 is 11.6 Å². The van der Waals surface area contributed by atoms with Gasteiger partial charge in [-0.15, -0.1) is 0 Å². The van der Waals surface area contributed by atoms with E-state index in [1.165, 1.54) is 18.5 Å². The van der Waals surface area contributed by atoms with Crippen LogP contribution in [0, 0.1) is 5.82 Å². The Morgan fingerprint density at radius 2 is 1.82 bits per heavy atom. The minimum atomic E-state index is -0.245. The van der Waals surface area contributed by atoms with E-state index in [-0.39, 0.29) is 5.82 Å². The molecule has 0 unspecified atom stereocenters. The number of benzene rings is 1. The summed E-state index contributed by atoms with van der Waals surface area (Å²) in [6.07, 6.45) is 1.40. The van der Waals surface area contributed by atoms with Gasteiger partial charge in [0.2, 0.25) is 0 Å². The lowest BCUT2D eigenvalue weighted by atomic mass is 10.2. The van der Waals surface area contributed by atoms with Crippen LogP contribution in [0.5, 0.6) is 0 Å². The number of halogens is 1. The van der Waals surface area contributed by atoms with Crippen LogP contribution in [0.25, 0.3) is 0 Å². The van der Waals surface area contributed by atoms with Crippen LogP contribution in [0.1, 0.15) is 5.56 Å². The first-order chi connectivity index (χ1) is 8.28. The molecule has 1 heterocycles.